The third-order valence-electron chi connectivity index (χ3n) is 3.28. The Hall–Kier alpha value is -1.69. The van der Waals surface area contributed by atoms with Crippen molar-refractivity contribution in [1.29, 1.82) is 0 Å². The topological polar surface area (TPSA) is 78.4 Å². The summed E-state index contributed by atoms with van der Waals surface area (Å²) >= 11 is 0. The van der Waals surface area contributed by atoms with Gasteiger partial charge in [-0.1, -0.05) is 13.8 Å². The van der Waals surface area contributed by atoms with E-state index in [1.807, 2.05) is 13.8 Å². The van der Waals surface area contributed by atoms with Crippen LogP contribution in [-0.4, -0.2) is 52.1 Å². The highest BCUT2D eigenvalue weighted by molar-refractivity contribution is 5.91. The summed E-state index contributed by atoms with van der Waals surface area (Å²) in [6.45, 7) is 5.82. The van der Waals surface area contributed by atoms with Crippen molar-refractivity contribution in [3.63, 3.8) is 0 Å². The van der Waals surface area contributed by atoms with E-state index >= 15 is 0 Å². The lowest BCUT2D eigenvalue weighted by molar-refractivity contribution is 0.0691. The Bertz CT molecular complexity index is 476. The molecule has 1 saturated heterocycles. The fourth-order valence-corrected chi connectivity index (χ4v) is 2.22. The average molecular weight is 264 g/mol. The molecule has 2 heterocycles. The van der Waals surface area contributed by atoms with Gasteiger partial charge in [0.25, 0.3) is 0 Å². The summed E-state index contributed by atoms with van der Waals surface area (Å²) in [6, 6.07) is 0.261. The van der Waals surface area contributed by atoms with E-state index in [1.54, 1.807) is 6.20 Å². The first-order chi connectivity index (χ1) is 8.97. The van der Waals surface area contributed by atoms with Crippen LogP contribution in [0.2, 0.25) is 0 Å². The Balaban J connectivity index is 2.22. The summed E-state index contributed by atoms with van der Waals surface area (Å²) in [6.07, 6.45) is 2.59. The molecule has 6 heteroatoms. The second kappa shape index (κ2) is 5.52. The monoisotopic (exact) mass is 264 g/mol. The summed E-state index contributed by atoms with van der Waals surface area (Å²) < 4.78 is 0. The van der Waals surface area contributed by atoms with E-state index in [1.165, 1.54) is 0 Å². The van der Waals surface area contributed by atoms with Gasteiger partial charge in [0.05, 0.1) is 11.9 Å². The minimum atomic E-state index is -1.02. The van der Waals surface area contributed by atoms with Gasteiger partial charge in [0.1, 0.15) is 5.82 Å². The molecule has 0 aliphatic carbocycles. The van der Waals surface area contributed by atoms with E-state index in [-0.39, 0.29) is 17.7 Å². The Morgan fingerprint density at radius 3 is 2.84 bits per heavy atom. The Morgan fingerprint density at radius 2 is 2.32 bits per heavy atom. The summed E-state index contributed by atoms with van der Waals surface area (Å²) in [5.74, 6) is -0.339. The Morgan fingerprint density at radius 1 is 1.58 bits per heavy atom. The molecule has 0 spiro atoms. The number of nitrogens with zero attached hydrogens (tertiary/aromatic N) is 3. The number of aromatic carboxylic acids is 1. The Labute approximate surface area is 112 Å². The van der Waals surface area contributed by atoms with E-state index in [0.29, 0.717) is 11.5 Å². The maximum absolute atomic E-state index is 11.3. The number of likely N-dealkylation sites (N-methyl/N-ethyl adjacent to an activating group) is 1. The second-order valence-electron chi connectivity index (χ2n) is 5.34. The molecule has 1 fully saturated rings. The predicted molar refractivity (Wildman–Crippen MR) is 72.6 cm³/mol. The number of hydrogen-bond donors (Lipinski definition) is 2. The van der Waals surface area contributed by atoms with Crippen LogP contribution in [-0.2, 0) is 0 Å². The van der Waals surface area contributed by atoms with Gasteiger partial charge in [0, 0.05) is 18.5 Å². The van der Waals surface area contributed by atoms with Crippen LogP contribution in [0.5, 0.6) is 0 Å². The van der Waals surface area contributed by atoms with E-state index < -0.39 is 5.97 Å². The Kier molecular flexibility index (Phi) is 3.99. The number of aromatic nitrogens is 2. The zero-order valence-corrected chi connectivity index (χ0v) is 11.6. The van der Waals surface area contributed by atoms with Gasteiger partial charge in [0.15, 0.2) is 5.69 Å². The molecule has 0 aromatic carbocycles. The lowest BCUT2D eigenvalue weighted by Gasteiger charge is -2.16. The van der Waals surface area contributed by atoms with Crippen molar-refractivity contribution in [1.82, 2.24) is 14.9 Å². The minimum Gasteiger partial charge on any atom is -0.476 e. The number of likely N-dealkylation sites (tertiary alicyclic amines) is 1. The summed E-state index contributed by atoms with van der Waals surface area (Å²) in [5, 5.41) is 12.5. The molecule has 2 N–H and O–H groups in total. The highest BCUT2D eigenvalue weighted by Gasteiger charge is 2.22. The van der Waals surface area contributed by atoms with Gasteiger partial charge >= 0.3 is 5.97 Å². The molecule has 1 unspecified atom stereocenters. The molecular formula is C13H20N4O2. The van der Waals surface area contributed by atoms with Crippen LogP contribution in [0, 0.1) is 0 Å². The smallest absolute Gasteiger partial charge is 0.356 e. The number of carboxylic acid groups (broad SMARTS) is 1. The number of carbonyl (C=O) groups is 1. The fourth-order valence-electron chi connectivity index (χ4n) is 2.22. The molecule has 2 rings (SSSR count). The lowest BCUT2D eigenvalue weighted by Crippen LogP contribution is -2.25. The van der Waals surface area contributed by atoms with Gasteiger partial charge in [-0.25, -0.2) is 14.8 Å². The highest BCUT2D eigenvalue weighted by Crippen LogP contribution is 2.19. The summed E-state index contributed by atoms with van der Waals surface area (Å²) in [4.78, 5) is 21.9. The van der Waals surface area contributed by atoms with Crippen LogP contribution in [0.1, 0.15) is 42.5 Å². The standard InChI is InChI=1S/C13H20N4O2/c1-8(2)12-14-6-10(11(16-12)13(18)19)15-9-4-5-17(3)7-9/h6,8-9,15H,4-5,7H2,1-3H3,(H,18,19). The molecule has 6 nitrogen and oxygen atoms in total. The molecule has 0 radical (unpaired) electrons. The van der Waals surface area contributed by atoms with E-state index in [9.17, 15) is 9.90 Å². The molecular weight excluding hydrogens is 244 g/mol. The zero-order chi connectivity index (χ0) is 14.0. The first-order valence-electron chi connectivity index (χ1n) is 6.52. The molecule has 0 saturated carbocycles. The molecule has 1 aliphatic heterocycles. The normalized spacial score (nSPS) is 19.9. The molecule has 19 heavy (non-hydrogen) atoms. The van der Waals surface area contributed by atoms with Crippen LogP contribution >= 0.6 is 0 Å². The largest absolute Gasteiger partial charge is 0.476 e. The fraction of sp³-hybridized carbons (Fsp3) is 0.615. The van der Waals surface area contributed by atoms with Gasteiger partial charge in [-0.2, -0.15) is 0 Å². The molecule has 1 atom stereocenters. The molecule has 104 valence electrons. The van der Waals surface area contributed by atoms with Crippen LogP contribution in [0.25, 0.3) is 0 Å². The molecule has 1 aromatic rings. The van der Waals surface area contributed by atoms with Crippen molar-refractivity contribution in [2.24, 2.45) is 0 Å². The van der Waals surface area contributed by atoms with Crippen molar-refractivity contribution in [2.45, 2.75) is 32.2 Å². The number of anilines is 1. The third-order valence-corrected chi connectivity index (χ3v) is 3.28. The van der Waals surface area contributed by atoms with Crippen LogP contribution in [0.3, 0.4) is 0 Å². The number of nitrogens with one attached hydrogen (secondary N) is 1. The van der Waals surface area contributed by atoms with Crippen LogP contribution in [0.15, 0.2) is 6.20 Å². The molecule has 0 amide bonds. The SMILES string of the molecule is CC(C)c1ncc(NC2CCN(C)C2)c(C(=O)O)n1. The third kappa shape index (κ3) is 3.20. The summed E-state index contributed by atoms with van der Waals surface area (Å²) in [5.41, 5.74) is 0.574. The van der Waals surface area contributed by atoms with Gasteiger partial charge in [0.2, 0.25) is 0 Å². The van der Waals surface area contributed by atoms with Gasteiger partial charge in [-0.15, -0.1) is 0 Å². The zero-order valence-electron chi connectivity index (χ0n) is 11.6. The summed E-state index contributed by atoms with van der Waals surface area (Å²) in [7, 11) is 2.05. The van der Waals surface area contributed by atoms with Crippen LogP contribution < -0.4 is 5.32 Å². The van der Waals surface area contributed by atoms with Crippen molar-refractivity contribution in [2.75, 3.05) is 25.5 Å². The molecule has 1 aromatic heterocycles. The van der Waals surface area contributed by atoms with Crippen molar-refractivity contribution in [3.8, 4) is 0 Å². The van der Waals surface area contributed by atoms with E-state index in [2.05, 4.69) is 27.2 Å². The quantitative estimate of drug-likeness (QED) is 0.856. The first-order valence-corrected chi connectivity index (χ1v) is 6.52. The molecule has 0 bridgehead atoms. The van der Waals surface area contributed by atoms with Crippen molar-refractivity contribution < 1.29 is 9.90 Å². The second-order valence-corrected chi connectivity index (χ2v) is 5.34. The van der Waals surface area contributed by atoms with Gasteiger partial charge < -0.3 is 15.3 Å². The van der Waals surface area contributed by atoms with E-state index in [4.69, 9.17) is 0 Å². The maximum Gasteiger partial charge on any atom is 0.356 e. The average Bonchev–Trinajstić information content (AvgIpc) is 2.74. The van der Waals surface area contributed by atoms with Crippen molar-refractivity contribution >= 4 is 11.7 Å². The lowest BCUT2D eigenvalue weighted by atomic mass is 10.2. The number of hydrogen-bond acceptors (Lipinski definition) is 5. The molecule has 1 aliphatic rings. The minimum absolute atomic E-state index is 0.0632. The van der Waals surface area contributed by atoms with Crippen LogP contribution in [0.4, 0.5) is 5.69 Å². The van der Waals surface area contributed by atoms with E-state index in [0.717, 1.165) is 19.5 Å². The first kappa shape index (κ1) is 13.7. The highest BCUT2D eigenvalue weighted by atomic mass is 16.4. The number of carboxylic acids is 1. The number of rotatable bonds is 4. The predicted octanol–water partition coefficient (Wildman–Crippen LogP) is 1.41. The maximum atomic E-state index is 11.3. The van der Waals surface area contributed by atoms with Gasteiger partial charge in [-0.05, 0) is 20.0 Å². The van der Waals surface area contributed by atoms with Crippen molar-refractivity contribution in [3.05, 3.63) is 17.7 Å². The van der Waals surface area contributed by atoms with Gasteiger partial charge in [-0.3, -0.25) is 0 Å².